The van der Waals surface area contributed by atoms with Gasteiger partial charge in [-0.15, -0.1) is 0 Å². The lowest BCUT2D eigenvalue weighted by Crippen LogP contribution is -2.31. The number of nitrogens with two attached hydrogens (primary N) is 1. The normalized spacial score (nSPS) is 13.6. The Morgan fingerprint density at radius 3 is 2.56 bits per heavy atom. The molecule has 5 nitrogen and oxygen atoms in total. The van der Waals surface area contributed by atoms with Crippen molar-refractivity contribution in [2.45, 2.75) is 13.0 Å². The van der Waals surface area contributed by atoms with Crippen LogP contribution in [-0.4, -0.2) is 39.8 Å². The molecule has 0 saturated heterocycles. The van der Waals surface area contributed by atoms with Crippen LogP contribution in [0.5, 0.6) is 5.75 Å². The molecule has 0 aliphatic carbocycles. The first-order valence-corrected chi connectivity index (χ1v) is 7.40. The molecular formula is C12H20N2O3S. The van der Waals surface area contributed by atoms with Crippen LogP contribution in [0.4, 0.5) is 0 Å². The molecule has 18 heavy (non-hydrogen) atoms. The predicted octanol–water partition coefficient (Wildman–Crippen LogP) is 0.977. The third-order valence-corrected chi connectivity index (χ3v) is 3.73. The minimum absolute atomic E-state index is 0.0526. The van der Waals surface area contributed by atoms with E-state index in [2.05, 4.69) is 0 Å². The lowest BCUT2D eigenvalue weighted by atomic mass is 10.1. The number of benzene rings is 1. The van der Waals surface area contributed by atoms with Crippen molar-refractivity contribution in [1.82, 2.24) is 4.90 Å². The van der Waals surface area contributed by atoms with Crippen molar-refractivity contribution in [3.05, 3.63) is 29.8 Å². The summed E-state index contributed by atoms with van der Waals surface area (Å²) in [5.41, 5.74) is 1.02. The Morgan fingerprint density at radius 1 is 1.39 bits per heavy atom. The molecule has 0 spiro atoms. The summed E-state index contributed by atoms with van der Waals surface area (Å²) in [6.45, 7) is 2.39. The molecule has 0 fully saturated rings. The molecule has 6 heteroatoms. The number of hydrogen-bond acceptors (Lipinski definition) is 4. The molecule has 0 aromatic heterocycles. The maximum Gasteiger partial charge on any atom is 0.210 e. The highest BCUT2D eigenvalue weighted by Crippen LogP contribution is 2.27. The Bertz CT molecular complexity index is 488. The molecule has 0 unspecified atom stereocenters. The third kappa shape index (κ3) is 4.29. The van der Waals surface area contributed by atoms with Crippen LogP contribution in [0.25, 0.3) is 0 Å². The van der Waals surface area contributed by atoms with Crippen LogP contribution in [0, 0.1) is 0 Å². The number of methoxy groups -OCH3 is 1. The van der Waals surface area contributed by atoms with Crippen LogP contribution in [-0.2, 0) is 10.0 Å². The van der Waals surface area contributed by atoms with Crippen molar-refractivity contribution in [3.8, 4) is 5.75 Å². The molecule has 0 amide bonds. The van der Waals surface area contributed by atoms with E-state index in [1.807, 2.05) is 43.1 Å². The largest absolute Gasteiger partial charge is 0.496 e. The van der Waals surface area contributed by atoms with Gasteiger partial charge in [0.1, 0.15) is 5.75 Å². The summed E-state index contributed by atoms with van der Waals surface area (Å²) in [5.74, 6) is 0.746. The van der Waals surface area contributed by atoms with Crippen LogP contribution in [0.2, 0.25) is 0 Å². The quantitative estimate of drug-likeness (QED) is 0.837. The van der Waals surface area contributed by atoms with Crippen LogP contribution in [0.1, 0.15) is 18.5 Å². The molecule has 0 bridgehead atoms. The molecular weight excluding hydrogens is 252 g/mol. The number of ether oxygens (including phenoxy) is 1. The first kappa shape index (κ1) is 14.9. The van der Waals surface area contributed by atoms with Crippen molar-refractivity contribution in [1.29, 1.82) is 0 Å². The zero-order valence-corrected chi connectivity index (χ0v) is 11.8. The van der Waals surface area contributed by atoms with E-state index in [1.54, 1.807) is 7.11 Å². The van der Waals surface area contributed by atoms with Gasteiger partial charge in [-0.1, -0.05) is 18.2 Å². The van der Waals surface area contributed by atoms with Gasteiger partial charge in [0.25, 0.3) is 0 Å². The third-order valence-electron chi connectivity index (χ3n) is 2.98. The van der Waals surface area contributed by atoms with Crippen LogP contribution in [0.15, 0.2) is 24.3 Å². The molecule has 0 aliphatic heterocycles. The number of rotatable bonds is 6. The first-order chi connectivity index (χ1) is 8.35. The molecule has 1 atom stereocenters. The summed E-state index contributed by atoms with van der Waals surface area (Å²) < 4.78 is 27.2. The van der Waals surface area contributed by atoms with Crippen molar-refractivity contribution in [2.75, 3.05) is 26.5 Å². The van der Waals surface area contributed by atoms with Gasteiger partial charge in [0, 0.05) is 18.2 Å². The van der Waals surface area contributed by atoms with Crippen LogP contribution in [0.3, 0.4) is 0 Å². The van der Waals surface area contributed by atoms with Gasteiger partial charge >= 0.3 is 0 Å². The topological polar surface area (TPSA) is 72.6 Å². The van der Waals surface area contributed by atoms with E-state index < -0.39 is 10.0 Å². The number of primary sulfonamides is 1. The highest BCUT2D eigenvalue weighted by molar-refractivity contribution is 7.89. The molecule has 1 rings (SSSR count). The van der Waals surface area contributed by atoms with Gasteiger partial charge in [-0.25, -0.2) is 13.6 Å². The van der Waals surface area contributed by atoms with Crippen molar-refractivity contribution >= 4 is 10.0 Å². The van der Waals surface area contributed by atoms with Gasteiger partial charge in [0.15, 0.2) is 0 Å². The Morgan fingerprint density at radius 2 is 2.00 bits per heavy atom. The Hall–Kier alpha value is -1.11. The van der Waals surface area contributed by atoms with E-state index >= 15 is 0 Å². The highest BCUT2D eigenvalue weighted by atomic mass is 32.2. The summed E-state index contributed by atoms with van der Waals surface area (Å²) in [4.78, 5) is 1.93. The standard InChI is InChI=1S/C12H20N2O3S/c1-10(14(2)8-9-18(13,15)16)11-6-4-5-7-12(11)17-3/h4-7,10H,8-9H2,1-3H3,(H2,13,15,16)/t10-/m1/s1. The SMILES string of the molecule is COc1ccccc1[C@@H](C)N(C)CCS(N)(=O)=O. The second-order valence-corrected chi connectivity index (χ2v) is 6.00. The fourth-order valence-corrected chi connectivity index (χ4v) is 2.26. The summed E-state index contributed by atoms with van der Waals surface area (Å²) in [6.07, 6.45) is 0. The van der Waals surface area contributed by atoms with Crippen molar-refractivity contribution < 1.29 is 13.2 Å². The Kier molecular flexibility index (Phi) is 5.13. The molecule has 0 saturated carbocycles. The maximum absolute atomic E-state index is 10.9. The van der Waals surface area contributed by atoms with Gasteiger partial charge in [-0.05, 0) is 20.0 Å². The summed E-state index contributed by atoms with van der Waals surface area (Å²) in [7, 11) is 0.0608. The smallest absolute Gasteiger partial charge is 0.210 e. The number of nitrogens with zero attached hydrogens (tertiary/aromatic N) is 1. The monoisotopic (exact) mass is 272 g/mol. The van der Waals surface area contributed by atoms with E-state index in [0.717, 1.165) is 11.3 Å². The first-order valence-electron chi connectivity index (χ1n) is 5.69. The fourth-order valence-electron chi connectivity index (χ4n) is 1.71. The minimum Gasteiger partial charge on any atom is -0.496 e. The molecule has 0 radical (unpaired) electrons. The van der Waals surface area contributed by atoms with E-state index in [9.17, 15) is 8.42 Å². The molecule has 102 valence electrons. The maximum atomic E-state index is 10.9. The molecule has 1 aromatic carbocycles. The van der Waals surface area contributed by atoms with Crippen LogP contribution >= 0.6 is 0 Å². The Balaban J connectivity index is 2.77. The zero-order chi connectivity index (χ0) is 13.8. The van der Waals surface area contributed by atoms with Gasteiger partial charge in [-0.3, -0.25) is 4.90 Å². The summed E-state index contributed by atoms with van der Waals surface area (Å²) in [6, 6.07) is 7.75. The molecule has 1 aromatic rings. The minimum atomic E-state index is -3.42. The van der Waals surface area contributed by atoms with Gasteiger partial charge in [0.2, 0.25) is 10.0 Å². The molecule has 0 aliphatic rings. The summed E-state index contributed by atoms with van der Waals surface area (Å²) in [5, 5.41) is 5.00. The van der Waals surface area contributed by atoms with Gasteiger partial charge in [-0.2, -0.15) is 0 Å². The lowest BCUT2D eigenvalue weighted by molar-refractivity contribution is 0.269. The number of sulfonamides is 1. The van der Waals surface area contributed by atoms with Crippen molar-refractivity contribution in [2.24, 2.45) is 5.14 Å². The van der Waals surface area contributed by atoms with Gasteiger partial charge < -0.3 is 4.74 Å². The number of para-hydroxylation sites is 1. The average molecular weight is 272 g/mol. The Labute approximate surface area is 109 Å². The lowest BCUT2D eigenvalue weighted by Gasteiger charge is -2.25. The van der Waals surface area contributed by atoms with Gasteiger partial charge in [0.05, 0.1) is 12.9 Å². The zero-order valence-electron chi connectivity index (χ0n) is 11.0. The number of hydrogen-bond donors (Lipinski definition) is 1. The molecule has 0 heterocycles. The fraction of sp³-hybridized carbons (Fsp3) is 0.500. The summed E-state index contributed by atoms with van der Waals surface area (Å²) >= 11 is 0. The van der Waals surface area contributed by atoms with Crippen molar-refractivity contribution in [3.63, 3.8) is 0 Å². The van der Waals surface area contributed by atoms with Crippen LogP contribution < -0.4 is 9.88 Å². The second kappa shape index (κ2) is 6.17. The van der Waals surface area contributed by atoms with E-state index in [-0.39, 0.29) is 11.8 Å². The van der Waals surface area contributed by atoms with E-state index in [4.69, 9.17) is 9.88 Å². The van der Waals surface area contributed by atoms with E-state index in [0.29, 0.717) is 6.54 Å². The molecule has 2 N–H and O–H groups in total. The highest BCUT2D eigenvalue weighted by Gasteiger charge is 2.16. The average Bonchev–Trinajstić information content (AvgIpc) is 2.34. The van der Waals surface area contributed by atoms with E-state index in [1.165, 1.54) is 0 Å². The second-order valence-electron chi connectivity index (χ2n) is 4.27. The predicted molar refractivity (Wildman–Crippen MR) is 72.0 cm³/mol.